The highest BCUT2D eigenvalue weighted by atomic mass is 32.1. The van der Waals surface area contributed by atoms with Gasteiger partial charge in [-0.1, -0.05) is 64.2 Å². The summed E-state index contributed by atoms with van der Waals surface area (Å²) in [5.74, 6) is 1.46. The van der Waals surface area contributed by atoms with E-state index in [4.69, 9.17) is 0 Å². The zero-order valence-corrected chi connectivity index (χ0v) is 17.0. The minimum absolute atomic E-state index is 0.606. The van der Waals surface area contributed by atoms with Crippen LogP contribution in [-0.4, -0.2) is 10.00 Å². The Morgan fingerprint density at radius 3 is 2.68 bits per heavy atom. The predicted molar refractivity (Wildman–Crippen MR) is 111 cm³/mol. The van der Waals surface area contributed by atoms with Gasteiger partial charge in [0.25, 0.3) is 0 Å². The number of fused-ring (bicyclic) bond motifs is 1. The summed E-state index contributed by atoms with van der Waals surface area (Å²) >= 11 is 1.89. The van der Waals surface area contributed by atoms with Gasteiger partial charge in [0.1, 0.15) is 0 Å². The molecule has 1 aromatic heterocycles. The molecule has 1 saturated carbocycles. The minimum Gasteiger partial charge on any atom is -0.386 e. The standard InChI is InChI=1S/C22H34N2S/c1-5-20(18-9-7-6-8-10-18)23-17(4)13-14-24-21-12-11-19(16(2)3)15-22(21)25-24/h11-12,15-16,18,20,23H,4-10,13-14H2,1-3H3. The highest BCUT2D eigenvalue weighted by Crippen LogP contribution is 2.30. The molecule has 0 spiro atoms. The molecule has 0 amide bonds. The number of rotatable bonds is 8. The molecule has 2 aromatic rings. The average Bonchev–Trinajstić information content (AvgIpc) is 2.60. The smallest absolute Gasteiger partial charge is 0.0695 e. The maximum atomic E-state index is 4.31. The lowest BCUT2D eigenvalue weighted by molar-refractivity contribution is 0.273. The van der Waals surface area contributed by atoms with Gasteiger partial charge >= 0.3 is 0 Å². The van der Waals surface area contributed by atoms with Crippen LogP contribution in [0.3, 0.4) is 0 Å². The second-order valence-corrected chi connectivity index (χ2v) is 9.05. The monoisotopic (exact) mass is 358 g/mol. The van der Waals surface area contributed by atoms with Crippen LogP contribution in [0.15, 0.2) is 30.5 Å². The van der Waals surface area contributed by atoms with Gasteiger partial charge in [-0.15, -0.1) is 0 Å². The number of hydrogen-bond acceptors (Lipinski definition) is 2. The highest BCUT2D eigenvalue weighted by molar-refractivity contribution is 7.16. The maximum absolute atomic E-state index is 4.31. The molecular formula is C22H34N2S. The fourth-order valence-corrected chi connectivity index (χ4v) is 5.13. The minimum atomic E-state index is 0.606. The molecule has 138 valence electrons. The topological polar surface area (TPSA) is 17.0 Å². The molecule has 2 nitrogen and oxygen atoms in total. The van der Waals surface area contributed by atoms with Gasteiger partial charge in [-0.2, -0.15) is 0 Å². The van der Waals surface area contributed by atoms with Crippen molar-refractivity contribution in [2.24, 2.45) is 5.92 Å². The van der Waals surface area contributed by atoms with E-state index in [0.717, 1.165) is 18.9 Å². The Bertz CT molecular complexity index is 688. The molecule has 0 saturated heterocycles. The molecule has 3 heteroatoms. The number of nitrogens with one attached hydrogen (secondary N) is 1. The number of hydrogen-bond donors (Lipinski definition) is 1. The fourth-order valence-electron chi connectivity index (χ4n) is 4.12. The van der Waals surface area contributed by atoms with Gasteiger partial charge in [0.2, 0.25) is 0 Å². The van der Waals surface area contributed by atoms with E-state index in [1.807, 2.05) is 11.5 Å². The molecule has 0 bridgehead atoms. The van der Waals surface area contributed by atoms with Crippen molar-refractivity contribution in [3.8, 4) is 0 Å². The van der Waals surface area contributed by atoms with Crippen molar-refractivity contribution in [3.05, 3.63) is 36.0 Å². The van der Waals surface area contributed by atoms with E-state index < -0.39 is 0 Å². The first kappa shape index (κ1) is 18.6. The summed E-state index contributed by atoms with van der Waals surface area (Å²) in [6, 6.07) is 7.54. The number of aryl methyl sites for hydroxylation is 1. The number of nitrogens with zero attached hydrogens (tertiary/aromatic N) is 1. The van der Waals surface area contributed by atoms with E-state index in [-0.39, 0.29) is 0 Å². The first-order valence-corrected chi connectivity index (χ1v) is 10.9. The van der Waals surface area contributed by atoms with Crippen LogP contribution < -0.4 is 5.32 Å². The average molecular weight is 359 g/mol. The van der Waals surface area contributed by atoms with Crippen molar-refractivity contribution in [2.45, 2.75) is 84.2 Å². The van der Waals surface area contributed by atoms with Gasteiger partial charge in [-0.05, 0) is 48.8 Å². The quantitative estimate of drug-likeness (QED) is 0.557. The van der Waals surface area contributed by atoms with E-state index in [1.165, 1.54) is 60.0 Å². The van der Waals surface area contributed by atoms with Crippen LogP contribution in [0.2, 0.25) is 0 Å². The lowest BCUT2D eigenvalue weighted by Crippen LogP contribution is -2.36. The number of allylic oxidation sites excluding steroid dienone is 1. The summed E-state index contributed by atoms with van der Waals surface area (Å²) in [5, 5.41) is 3.76. The summed E-state index contributed by atoms with van der Waals surface area (Å²) < 4.78 is 3.84. The van der Waals surface area contributed by atoms with Gasteiger partial charge < -0.3 is 5.32 Å². The Balaban J connectivity index is 1.51. The number of aromatic nitrogens is 1. The summed E-state index contributed by atoms with van der Waals surface area (Å²) in [6.07, 6.45) is 9.28. The molecule has 1 atom stereocenters. The van der Waals surface area contributed by atoms with Crippen LogP contribution in [0.1, 0.15) is 77.2 Å². The summed E-state index contributed by atoms with van der Waals surface area (Å²) in [6.45, 7) is 12.2. The summed E-state index contributed by atoms with van der Waals surface area (Å²) in [4.78, 5) is 0. The predicted octanol–water partition coefficient (Wildman–Crippen LogP) is 6.68. The fraction of sp³-hybridized carbons (Fsp3) is 0.636. The molecule has 3 rings (SSSR count). The molecule has 0 aliphatic heterocycles. The van der Waals surface area contributed by atoms with E-state index in [0.29, 0.717) is 12.0 Å². The van der Waals surface area contributed by atoms with Crippen LogP contribution in [0, 0.1) is 5.92 Å². The van der Waals surface area contributed by atoms with Crippen LogP contribution in [0.4, 0.5) is 0 Å². The van der Waals surface area contributed by atoms with E-state index in [1.54, 1.807) is 0 Å². The van der Waals surface area contributed by atoms with Crippen molar-refractivity contribution in [3.63, 3.8) is 0 Å². The second-order valence-electron chi connectivity index (χ2n) is 7.99. The third-order valence-electron chi connectivity index (χ3n) is 5.79. The van der Waals surface area contributed by atoms with Crippen LogP contribution in [0.25, 0.3) is 10.2 Å². The van der Waals surface area contributed by atoms with Crippen molar-refractivity contribution in [1.82, 2.24) is 9.27 Å². The Morgan fingerprint density at radius 2 is 2.04 bits per heavy atom. The Kier molecular flexibility index (Phi) is 6.27. The lowest BCUT2D eigenvalue weighted by Gasteiger charge is -2.31. The zero-order chi connectivity index (χ0) is 17.8. The van der Waals surface area contributed by atoms with Crippen molar-refractivity contribution < 1.29 is 0 Å². The summed E-state index contributed by atoms with van der Waals surface area (Å²) in [5.41, 5.74) is 4.04. The van der Waals surface area contributed by atoms with E-state index >= 15 is 0 Å². The van der Waals surface area contributed by atoms with E-state index in [9.17, 15) is 0 Å². The highest BCUT2D eigenvalue weighted by Gasteiger charge is 2.22. The molecule has 1 unspecified atom stereocenters. The molecule has 0 radical (unpaired) electrons. The van der Waals surface area contributed by atoms with Crippen molar-refractivity contribution in [1.29, 1.82) is 0 Å². The molecular weight excluding hydrogens is 324 g/mol. The van der Waals surface area contributed by atoms with Crippen LogP contribution in [-0.2, 0) is 6.54 Å². The largest absolute Gasteiger partial charge is 0.386 e. The summed E-state index contributed by atoms with van der Waals surface area (Å²) in [7, 11) is 0. The van der Waals surface area contributed by atoms with Gasteiger partial charge in [-0.25, -0.2) is 0 Å². The first-order valence-electron chi connectivity index (χ1n) is 10.1. The number of benzene rings is 1. The van der Waals surface area contributed by atoms with Crippen molar-refractivity contribution >= 4 is 21.7 Å². The van der Waals surface area contributed by atoms with Gasteiger partial charge in [0.15, 0.2) is 0 Å². The molecule has 1 heterocycles. The molecule has 1 aliphatic carbocycles. The van der Waals surface area contributed by atoms with Gasteiger partial charge in [-0.3, -0.25) is 3.96 Å². The Morgan fingerprint density at radius 1 is 1.28 bits per heavy atom. The molecule has 1 aliphatic rings. The lowest BCUT2D eigenvalue weighted by atomic mass is 9.83. The first-order chi connectivity index (χ1) is 12.1. The molecule has 25 heavy (non-hydrogen) atoms. The molecule has 1 N–H and O–H groups in total. The maximum Gasteiger partial charge on any atom is 0.0695 e. The van der Waals surface area contributed by atoms with Gasteiger partial charge in [0, 0.05) is 24.7 Å². The Hall–Kier alpha value is -1.22. The third kappa shape index (κ3) is 4.49. The third-order valence-corrected chi connectivity index (χ3v) is 6.92. The Labute approximate surface area is 157 Å². The normalized spacial score (nSPS) is 17.3. The van der Waals surface area contributed by atoms with Crippen LogP contribution >= 0.6 is 11.5 Å². The van der Waals surface area contributed by atoms with E-state index in [2.05, 4.69) is 54.8 Å². The zero-order valence-electron chi connectivity index (χ0n) is 16.2. The van der Waals surface area contributed by atoms with Gasteiger partial charge in [0.05, 0.1) is 10.2 Å². The molecule has 1 aromatic carbocycles. The second kappa shape index (κ2) is 8.44. The molecule has 1 fully saturated rings. The van der Waals surface area contributed by atoms with Crippen LogP contribution in [0.5, 0.6) is 0 Å². The van der Waals surface area contributed by atoms with Crippen molar-refractivity contribution in [2.75, 3.05) is 0 Å². The SMILES string of the molecule is C=C(CCn1sc2cc(C(C)C)ccc21)NC(CC)C1CCCCC1.